The maximum atomic E-state index is 12.8. The van der Waals surface area contributed by atoms with Crippen LogP contribution < -0.4 is 10.9 Å². The lowest BCUT2D eigenvalue weighted by molar-refractivity contribution is 0.0934. The van der Waals surface area contributed by atoms with Gasteiger partial charge in [-0.25, -0.2) is 4.98 Å². The van der Waals surface area contributed by atoms with Crippen LogP contribution in [0.4, 0.5) is 0 Å². The number of hydrogen-bond acceptors (Lipinski definition) is 4. The minimum Gasteiger partial charge on any atom is -0.345 e. The van der Waals surface area contributed by atoms with Crippen molar-refractivity contribution in [3.05, 3.63) is 105 Å². The number of benzene rings is 2. The van der Waals surface area contributed by atoms with Gasteiger partial charge in [0.1, 0.15) is 5.56 Å². The molecule has 0 bridgehead atoms. The van der Waals surface area contributed by atoms with E-state index in [9.17, 15) is 9.59 Å². The molecule has 2 aromatic carbocycles. The van der Waals surface area contributed by atoms with Crippen LogP contribution in [0.5, 0.6) is 0 Å². The highest BCUT2D eigenvalue weighted by atomic mass is 32.1. The summed E-state index contributed by atoms with van der Waals surface area (Å²) in [5, 5.41) is 4.78. The second-order valence-corrected chi connectivity index (χ2v) is 7.03. The molecule has 0 aliphatic rings. The smallest absolute Gasteiger partial charge is 0.271 e. The lowest BCUT2D eigenvalue weighted by Crippen LogP contribution is -2.34. The minimum atomic E-state index is -0.419. The molecule has 5 nitrogen and oxygen atoms in total. The highest BCUT2D eigenvalue weighted by Gasteiger charge is 2.19. The van der Waals surface area contributed by atoms with Crippen LogP contribution >= 0.6 is 11.3 Å². The summed E-state index contributed by atoms with van der Waals surface area (Å²) in [6.07, 6.45) is 3.62. The van der Waals surface area contributed by atoms with E-state index in [1.165, 1.54) is 21.9 Å². The Bertz CT molecular complexity index is 1120. The van der Waals surface area contributed by atoms with Gasteiger partial charge < -0.3 is 5.32 Å². The molecule has 2 heterocycles. The van der Waals surface area contributed by atoms with Gasteiger partial charge in [-0.05, 0) is 17.5 Å². The van der Waals surface area contributed by atoms with Crippen molar-refractivity contribution in [1.82, 2.24) is 14.7 Å². The molecular weight excluding hydrogens is 358 g/mol. The Morgan fingerprint density at radius 3 is 2.52 bits per heavy atom. The number of aromatic nitrogens is 2. The lowest BCUT2D eigenvalue weighted by atomic mass is 9.98. The summed E-state index contributed by atoms with van der Waals surface area (Å²) >= 11 is 1.35. The molecule has 0 saturated carbocycles. The summed E-state index contributed by atoms with van der Waals surface area (Å²) in [7, 11) is 0. The van der Waals surface area contributed by atoms with E-state index >= 15 is 0 Å². The van der Waals surface area contributed by atoms with Gasteiger partial charge in [0.25, 0.3) is 11.5 Å². The monoisotopic (exact) mass is 375 g/mol. The fraction of sp³-hybridized carbons (Fsp3) is 0.0952. The molecule has 0 radical (unpaired) electrons. The zero-order valence-electron chi connectivity index (χ0n) is 14.4. The van der Waals surface area contributed by atoms with Crippen molar-refractivity contribution >= 4 is 22.2 Å². The second kappa shape index (κ2) is 7.55. The zero-order chi connectivity index (χ0) is 18.6. The molecule has 4 aromatic rings. The molecule has 2 aromatic heterocycles. The van der Waals surface area contributed by atoms with Gasteiger partial charge in [-0.15, -0.1) is 11.3 Å². The van der Waals surface area contributed by atoms with Crippen LogP contribution in [0.2, 0.25) is 0 Å². The van der Waals surface area contributed by atoms with Gasteiger partial charge in [0.15, 0.2) is 4.96 Å². The van der Waals surface area contributed by atoms with E-state index in [0.29, 0.717) is 11.4 Å². The van der Waals surface area contributed by atoms with E-state index < -0.39 is 5.91 Å². The Morgan fingerprint density at radius 2 is 1.78 bits per heavy atom. The van der Waals surface area contributed by atoms with Gasteiger partial charge in [0.05, 0.1) is 6.04 Å². The van der Waals surface area contributed by atoms with E-state index in [2.05, 4.69) is 10.3 Å². The number of rotatable bonds is 5. The van der Waals surface area contributed by atoms with Crippen molar-refractivity contribution < 1.29 is 4.79 Å². The van der Waals surface area contributed by atoms with Crippen molar-refractivity contribution in [3.8, 4) is 0 Å². The normalized spacial score (nSPS) is 12.0. The number of nitrogens with zero attached hydrogens (tertiary/aromatic N) is 2. The van der Waals surface area contributed by atoms with Gasteiger partial charge in [-0.2, -0.15) is 0 Å². The van der Waals surface area contributed by atoms with Gasteiger partial charge in [0, 0.05) is 17.8 Å². The number of carbonyl (C=O) groups excluding carboxylic acids is 1. The molecule has 0 saturated heterocycles. The van der Waals surface area contributed by atoms with Crippen molar-refractivity contribution in [2.24, 2.45) is 0 Å². The summed E-state index contributed by atoms with van der Waals surface area (Å²) in [6.45, 7) is 0. The average molecular weight is 375 g/mol. The number of nitrogens with one attached hydrogen (secondary N) is 1. The molecule has 1 amide bonds. The number of amides is 1. The molecule has 0 aliphatic heterocycles. The zero-order valence-corrected chi connectivity index (χ0v) is 15.2. The Hall–Kier alpha value is -3.25. The Labute approximate surface area is 160 Å². The maximum Gasteiger partial charge on any atom is 0.271 e. The fourth-order valence-corrected chi connectivity index (χ4v) is 3.68. The molecule has 0 fully saturated rings. The molecule has 4 rings (SSSR count). The van der Waals surface area contributed by atoms with Crippen molar-refractivity contribution in [3.63, 3.8) is 0 Å². The summed E-state index contributed by atoms with van der Waals surface area (Å²) in [4.78, 5) is 30.2. The largest absolute Gasteiger partial charge is 0.345 e. The topological polar surface area (TPSA) is 63.5 Å². The Morgan fingerprint density at radius 1 is 1.07 bits per heavy atom. The number of thiazole rings is 1. The fourth-order valence-electron chi connectivity index (χ4n) is 3.00. The average Bonchev–Trinajstić information content (AvgIpc) is 3.19. The minimum absolute atomic E-state index is 0.0416. The maximum absolute atomic E-state index is 12.8. The first kappa shape index (κ1) is 17.2. The highest BCUT2D eigenvalue weighted by molar-refractivity contribution is 7.15. The first-order valence-corrected chi connectivity index (χ1v) is 9.45. The van der Waals surface area contributed by atoms with Crippen molar-refractivity contribution in [1.29, 1.82) is 0 Å². The molecule has 0 unspecified atom stereocenters. The van der Waals surface area contributed by atoms with E-state index in [1.807, 2.05) is 60.7 Å². The van der Waals surface area contributed by atoms with Crippen LogP contribution in [-0.4, -0.2) is 15.3 Å². The Balaban J connectivity index is 1.65. The third kappa shape index (κ3) is 3.66. The summed E-state index contributed by atoms with van der Waals surface area (Å²) in [5.41, 5.74) is 1.78. The van der Waals surface area contributed by atoms with Gasteiger partial charge in [-0.1, -0.05) is 60.7 Å². The quantitative estimate of drug-likeness (QED) is 0.581. The Kier molecular flexibility index (Phi) is 4.80. The number of hydrogen-bond donors (Lipinski definition) is 1. The van der Waals surface area contributed by atoms with E-state index in [-0.39, 0.29) is 17.2 Å². The molecule has 27 heavy (non-hydrogen) atoms. The molecule has 0 spiro atoms. The van der Waals surface area contributed by atoms with Crippen molar-refractivity contribution in [2.45, 2.75) is 12.5 Å². The highest BCUT2D eigenvalue weighted by Crippen LogP contribution is 2.19. The van der Waals surface area contributed by atoms with Crippen LogP contribution in [0, 0.1) is 0 Å². The first-order valence-electron chi connectivity index (χ1n) is 8.57. The molecule has 1 atom stereocenters. The SMILES string of the molecule is O=C(N[C@H](Cc1ccccc1)c1ccccc1)c1cnc2sccn2c1=O. The van der Waals surface area contributed by atoms with Gasteiger partial charge in [-0.3, -0.25) is 14.0 Å². The third-order valence-corrected chi connectivity index (χ3v) is 5.15. The third-order valence-electron chi connectivity index (χ3n) is 4.38. The van der Waals surface area contributed by atoms with Gasteiger partial charge >= 0.3 is 0 Å². The number of carbonyl (C=O) groups is 1. The predicted octanol–water partition coefficient (Wildman–Crippen LogP) is 3.47. The van der Waals surface area contributed by atoms with Crippen molar-refractivity contribution in [2.75, 3.05) is 0 Å². The molecule has 134 valence electrons. The van der Waals surface area contributed by atoms with E-state index in [4.69, 9.17) is 0 Å². The summed E-state index contributed by atoms with van der Waals surface area (Å²) < 4.78 is 1.40. The molecular formula is C21H17N3O2S. The summed E-state index contributed by atoms with van der Waals surface area (Å²) in [5.74, 6) is -0.419. The standard InChI is InChI=1S/C21H17N3O2S/c25-19(17-14-22-21-24(20(17)26)11-12-27-21)23-18(16-9-5-2-6-10-16)13-15-7-3-1-4-8-15/h1-12,14,18H,13H2,(H,23,25)/t18-/m1/s1. The lowest BCUT2D eigenvalue weighted by Gasteiger charge is -2.19. The van der Waals surface area contributed by atoms with Crippen LogP contribution in [0.3, 0.4) is 0 Å². The van der Waals surface area contributed by atoms with E-state index in [1.54, 1.807) is 11.6 Å². The van der Waals surface area contributed by atoms with E-state index in [0.717, 1.165) is 11.1 Å². The first-order chi connectivity index (χ1) is 13.2. The van der Waals surface area contributed by atoms with Gasteiger partial charge in [0.2, 0.25) is 0 Å². The van der Waals surface area contributed by atoms with Crippen LogP contribution in [-0.2, 0) is 6.42 Å². The molecule has 1 N–H and O–H groups in total. The van der Waals surface area contributed by atoms with Crippen LogP contribution in [0.15, 0.2) is 83.2 Å². The second-order valence-electron chi connectivity index (χ2n) is 6.16. The molecule has 6 heteroatoms. The predicted molar refractivity (Wildman–Crippen MR) is 106 cm³/mol. The summed E-state index contributed by atoms with van der Waals surface area (Å²) in [6, 6.07) is 19.5. The van der Waals surface area contributed by atoms with Crippen LogP contribution in [0.25, 0.3) is 4.96 Å². The van der Waals surface area contributed by atoms with Crippen LogP contribution in [0.1, 0.15) is 27.5 Å². The molecule has 0 aliphatic carbocycles. The number of fused-ring (bicyclic) bond motifs is 1.